The van der Waals surface area contributed by atoms with Gasteiger partial charge < -0.3 is 11.1 Å². The molecule has 4 nitrogen and oxygen atoms in total. The first-order valence-corrected chi connectivity index (χ1v) is 5.39. The molecular weight excluding hydrogens is 208 g/mol. The van der Waals surface area contributed by atoms with Crippen LogP contribution in [-0.2, 0) is 0 Å². The van der Waals surface area contributed by atoms with Gasteiger partial charge in [0.2, 0.25) is 0 Å². The van der Waals surface area contributed by atoms with Gasteiger partial charge in [0.15, 0.2) is 5.13 Å². The number of nitrogens with zero attached hydrogens (tertiary/aromatic N) is 2. The summed E-state index contributed by atoms with van der Waals surface area (Å²) in [5.74, 6) is 1.26. The molecule has 2 aromatic rings. The Morgan fingerprint density at radius 3 is 2.73 bits per heavy atom. The molecule has 0 aliphatic heterocycles. The summed E-state index contributed by atoms with van der Waals surface area (Å²) in [6.45, 7) is 4.00. The third kappa shape index (κ3) is 2.44. The average Bonchev–Trinajstić information content (AvgIpc) is 2.49. The van der Waals surface area contributed by atoms with Crippen molar-refractivity contribution in [2.75, 3.05) is 11.1 Å². The van der Waals surface area contributed by atoms with Crippen molar-refractivity contribution in [2.24, 2.45) is 0 Å². The van der Waals surface area contributed by atoms with Crippen LogP contribution in [0.15, 0.2) is 18.3 Å². The molecule has 0 fully saturated rings. The number of nitrogens with one attached hydrogen (secondary N) is 1. The molecule has 2 aromatic heterocycles. The van der Waals surface area contributed by atoms with E-state index in [1.54, 1.807) is 11.3 Å². The summed E-state index contributed by atoms with van der Waals surface area (Å²) in [6.07, 6.45) is 1.83. The van der Waals surface area contributed by atoms with Crippen LogP contribution < -0.4 is 11.1 Å². The van der Waals surface area contributed by atoms with Gasteiger partial charge in [-0.2, -0.15) is 0 Å². The van der Waals surface area contributed by atoms with E-state index in [1.165, 1.54) is 0 Å². The van der Waals surface area contributed by atoms with Crippen molar-refractivity contribution in [3.63, 3.8) is 0 Å². The molecule has 0 radical (unpaired) electrons. The van der Waals surface area contributed by atoms with Gasteiger partial charge in [0.25, 0.3) is 0 Å². The highest BCUT2D eigenvalue weighted by molar-refractivity contribution is 7.15. The van der Waals surface area contributed by atoms with E-state index in [0.717, 1.165) is 21.4 Å². The number of thiazole rings is 1. The molecular formula is C10H12N4S. The Kier molecular flexibility index (Phi) is 2.55. The van der Waals surface area contributed by atoms with Gasteiger partial charge in [-0.1, -0.05) is 0 Å². The molecule has 2 heterocycles. The minimum absolute atomic E-state index is 0.519. The fourth-order valence-electron chi connectivity index (χ4n) is 1.28. The first-order chi connectivity index (χ1) is 7.13. The summed E-state index contributed by atoms with van der Waals surface area (Å²) in [6, 6.07) is 3.77. The number of aromatic nitrogens is 2. The van der Waals surface area contributed by atoms with Crippen molar-refractivity contribution in [1.29, 1.82) is 0 Å². The summed E-state index contributed by atoms with van der Waals surface area (Å²) in [5, 5.41) is 3.96. The molecule has 0 saturated heterocycles. The van der Waals surface area contributed by atoms with E-state index in [9.17, 15) is 0 Å². The van der Waals surface area contributed by atoms with Crippen LogP contribution in [0.1, 0.15) is 10.4 Å². The quantitative estimate of drug-likeness (QED) is 0.816. The van der Waals surface area contributed by atoms with Crippen LogP contribution in [0.5, 0.6) is 0 Å². The standard InChI is InChI=1S/C10H12N4S/c1-6-3-8(11)13-9(4-6)14-10-12-5-7(2)15-10/h3-5H,1-2H3,(H3,11,12,13,14). The molecule has 0 atom stereocenters. The summed E-state index contributed by atoms with van der Waals surface area (Å²) < 4.78 is 0. The van der Waals surface area contributed by atoms with Crippen molar-refractivity contribution in [3.05, 3.63) is 28.8 Å². The lowest BCUT2D eigenvalue weighted by atomic mass is 10.3. The number of pyridine rings is 1. The van der Waals surface area contributed by atoms with Gasteiger partial charge in [-0.3, -0.25) is 0 Å². The van der Waals surface area contributed by atoms with Gasteiger partial charge >= 0.3 is 0 Å². The zero-order valence-electron chi connectivity index (χ0n) is 8.61. The van der Waals surface area contributed by atoms with Crippen LogP contribution in [0.3, 0.4) is 0 Å². The lowest BCUT2D eigenvalue weighted by molar-refractivity contribution is 1.26. The van der Waals surface area contributed by atoms with Gasteiger partial charge in [0, 0.05) is 11.1 Å². The third-order valence-electron chi connectivity index (χ3n) is 1.85. The molecule has 2 rings (SSSR count). The summed E-state index contributed by atoms with van der Waals surface area (Å²) in [7, 11) is 0. The number of rotatable bonds is 2. The average molecular weight is 220 g/mol. The lowest BCUT2D eigenvalue weighted by Gasteiger charge is -2.03. The van der Waals surface area contributed by atoms with Gasteiger partial charge in [-0.25, -0.2) is 9.97 Å². The van der Waals surface area contributed by atoms with Crippen LogP contribution in [0.25, 0.3) is 0 Å². The zero-order chi connectivity index (χ0) is 10.8. The van der Waals surface area contributed by atoms with Crippen molar-refractivity contribution in [1.82, 2.24) is 9.97 Å². The fourth-order valence-corrected chi connectivity index (χ4v) is 1.95. The first kappa shape index (κ1) is 9.92. The van der Waals surface area contributed by atoms with E-state index >= 15 is 0 Å². The zero-order valence-corrected chi connectivity index (χ0v) is 9.43. The molecule has 0 aliphatic rings. The Hall–Kier alpha value is -1.62. The monoisotopic (exact) mass is 220 g/mol. The number of aryl methyl sites for hydroxylation is 2. The number of hydrogen-bond donors (Lipinski definition) is 2. The minimum atomic E-state index is 0.519. The van der Waals surface area contributed by atoms with Crippen LogP contribution in [0, 0.1) is 13.8 Å². The number of nitrogens with two attached hydrogens (primary N) is 1. The smallest absolute Gasteiger partial charge is 0.188 e. The third-order valence-corrected chi connectivity index (χ3v) is 2.67. The van der Waals surface area contributed by atoms with E-state index < -0.39 is 0 Å². The number of nitrogen functional groups attached to an aromatic ring is 1. The molecule has 0 spiro atoms. The molecule has 0 aliphatic carbocycles. The van der Waals surface area contributed by atoms with E-state index in [4.69, 9.17) is 5.73 Å². The maximum Gasteiger partial charge on any atom is 0.188 e. The Morgan fingerprint density at radius 2 is 2.13 bits per heavy atom. The van der Waals surface area contributed by atoms with E-state index in [2.05, 4.69) is 15.3 Å². The molecule has 3 N–H and O–H groups in total. The Labute approximate surface area is 92.2 Å². The molecule has 0 saturated carbocycles. The van der Waals surface area contributed by atoms with E-state index in [-0.39, 0.29) is 0 Å². The minimum Gasteiger partial charge on any atom is -0.384 e. The van der Waals surface area contributed by atoms with Gasteiger partial charge in [-0.05, 0) is 31.5 Å². The van der Waals surface area contributed by atoms with Crippen molar-refractivity contribution >= 4 is 28.1 Å². The van der Waals surface area contributed by atoms with Crippen LogP contribution >= 0.6 is 11.3 Å². The fraction of sp³-hybridized carbons (Fsp3) is 0.200. The Morgan fingerprint density at radius 1 is 1.33 bits per heavy atom. The molecule has 0 unspecified atom stereocenters. The van der Waals surface area contributed by atoms with Crippen LogP contribution in [-0.4, -0.2) is 9.97 Å². The van der Waals surface area contributed by atoms with Crippen LogP contribution in [0.2, 0.25) is 0 Å². The summed E-state index contributed by atoms with van der Waals surface area (Å²) in [5.41, 5.74) is 6.73. The van der Waals surface area contributed by atoms with Crippen molar-refractivity contribution in [3.8, 4) is 0 Å². The highest BCUT2D eigenvalue weighted by atomic mass is 32.1. The predicted molar refractivity (Wildman–Crippen MR) is 63.5 cm³/mol. The SMILES string of the molecule is Cc1cc(N)nc(Nc2ncc(C)s2)c1. The molecule has 78 valence electrons. The largest absolute Gasteiger partial charge is 0.384 e. The number of anilines is 3. The summed E-state index contributed by atoms with van der Waals surface area (Å²) >= 11 is 1.59. The first-order valence-electron chi connectivity index (χ1n) is 4.57. The maximum atomic E-state index is 5.65. The summed E-state index contributed by atoms with van der Waals surface area (Å²) in [4.78, 5) is 9.53. The highest BCUT2D eigenvalue weighted by Gasteiger charge is 2.01. The van der Waals surface area contributed by atoms with Gasteiger partial charge in [0.1, 0.15) is 11.6 Å². The molecule has 0 bridgehead atoms. The number of hydrogen-bond acceptors (Lipinski definition) is 5. The Balaban J connectivity index is 2.24. The topological polar surface area (TPSA) is 63.8 Å². The second-order valence-corrected chi connectivity index (χ2v) is 4.59. The lowest BCUT2D eigenvalue weighted by Crippen LogP contribution is -1.97. The van der Waals surface area contributed by atoms with E-state index in [1.807, 2.05) is 32.2 Å². The molecule has 0 aromatic carbocycles. The molecule has 5 heteroatoms. The second-order valence-electron chi connectivity index (χ2n) is 3.36. The van der Waals surface area contributed by atoms with Gasteiger partial charge in [-0.15, -0.1) is 11.3 Å². The Bertz CT molecular complexity index is 458. The van der Waals surface area contributed by atoms with Crippen molar-refractivity contribution < 1.29 is 0 Å². The molecule has 0 amide bonds. The van der Waals surface area contributed by atoms with Gasteiger partial charge in [0.05, 0.1) is 0 Å². The maximum absolute atomic E-state index is 5.65. The molecule has 15 heavy (non-hydrogen) atoms. The van der Waals surface area contributed by atoms with E-state index in [0.29, 0.717) is 5.82 Å². The predicted octanol–water partition coefficient (Wildman–Crippen LogP) is 2.48. The van der Waals surface area contributed by atoms with Crippen LogP contribution in [0.4, 0.5) is 16.8 Å². The van der Waals surface area contributed by atoms with Crippen molar-refractivity contribution in [2.45, 2.75) is 13.8 Å². The normalized spacial score (nSPS) is 10.3. The highest BCUT2D eigenvalue weighted by Crippen LogP contribution is 2.21. The second kappa shape index (κ2) is 3.86.